The number of amides is 1. The van der Waals surface area contributed by atoms with E-state index in [1.807, 2.05) is 0 Å². The second-order valence-electron chi connectivity index (χ2n) is 6.89. The Balaban J connectivity index is 4.14. The highest BCUT2D eigenvalue weighted by molar-refractivity contribution is 7.99. The van der Waals surface area contributed by atoms with Crippen LogP contribution in [0.1, 0.15) is 53.4 Å². The van der Waals surface area contributed by atoms with E-state index < -0.39 is 17.9 Å². The highest BCUT2D eigenvalue weighted by Crippen LogP contribution is 2.13. The number of hydrogen-bond acceptors (Lipinski definition) is 4. The van der Waals surface area contributed by atoms with Crippen molar-refractivity contribution in [3.8, 4) is 0 Å². The number of carbonyl (C=O) groups excluding carboxylic acids is 1. The fourth-order valence-corrected chi connectivity index (χ4v) is 3.27. The normalized spacial score (nSPS) is 13.2. The molecule has 0 rings (SSSR count). The van der Waals surface area contributed by atoms with Crippen molar-refractivity contribution in [2.75, 3.05) is 25.2 Å². The number of nitrogens with one attached hydrogen (secondary N) is 1. The minimum absolute atomic E-state index is 0.130. The smallest absolute Gasteiger partial charge is 0.327 e. The predicted molar refractivity (Wildman–Crippen MR) is 114 cm³/mol. The van der Waals surface area contributed by atoms with Crippen molar-refractivity contribution < 1.29 is 19.4 Å². The lowest BCUT2D eigenvalue weighted by Crippen LogP contribution is -2.44. The van der Waals surface area contributed by atoms with Crippen LogP contribution in [0, 0.1) is 0 Å². The molecule has 6 heteroatoms. The first-order chi connectivity index (χ1) is 12.8. The number of allylic oxidation sites excluding steroid dienone is 5. The third-order valence-corrected chi connectivity index (χ3v) is 4.84. The molecular formula is C21H35NO4S. The first-order valence-electron chi connectivity index (χ1n) is 9.29. The number of rotatable bonds is 14. The summed E-state index contributed by atoms with van der Waals surface area (Å²) in [5.74, 6) is -0.373. The lowest BCUT2D eigenvalue weighted by atomic mass is 10.1. The van der Waals surface area contributed by atoms with Crippen molar-refractivity contribution in [1.82, 2.24) is 5.32 Å². The summed E-state index contributed by atoms with van der Waals surface area (Å²) in [6.07, 6.45) is 10.9. The number of thioether (sulfide) groups is 1. The molecule has 1 atom stereocenters. The molecule has 0 aliphatic heterocycles. The first kappa shape index (κ1) is 25.5. The van der Waals surface area contributed by atoms with Crippen molar-refractivity contribution >= 4 is 23.6 Å². The molecule has 0 unspecified atom stereocenters. The van der Waals surface area contributed by atoms with Crippen LogP contribution in [0.15, 0.2) is 34.9 Å². The molecule has 0 aliphatic rings. The highest BCUT2D eigenvalue weighted by Gasteiger charge is 2.19. The van der Waals surface area contributed by atoms with Gasteiger partial charge in [0.2, 0.25) is 5.91 Å². The van der Waals surface area contributed by atoms with Crippen molar-refractivity contribution in [2.45, 2.75) is 59.4 Å². The average molecular weight is 398 g/mol. The maximum atomic E-state index is 11.4. The Morgan fingerprint density at radius 3 is 2.19 bits per heavy atom. The van der Waals surface area contributed by atoms with Crippen molar-refractivity contribution in [2.24, 2.45) is 0 Å². The van der Waals surface area contributed by atoms with Crippen LogP contribution in [0.4, 0.5) is 0 Å². The minimum atomic E-state index is -1.03. The predicted octanol–water partition coefficient (Wildman–Crippen LogP) is 4.35. The van der Waals surface area contributed by atoms with Crippen LogP contribution in [-0.2, 0) is 14.3 Å². The highest BCUT2D eigenvalue weighted by atomic mass is 32.2. The van der Waals surface area contributed by atoms with Gasteiger partial charge in [-0.3, -0.25) is 4.79 Å². The van der Waals surface area contributed by atoms with E-state index in [0.29, 0.717) is 5.75 Å². The quantitative estimate of drug-likeness (QED) is 0.336. The van der Waals surface area contributed by atoms with E-state index in [-0.39, 0.29) is 6.61 Å². The molecule has 0 spiro atoms. The Kier molecular flexibility index (Phi) is 14.6. The van der Waals surface area contributed by atoms with Crippen LogP contribution in [0.25, 0.3) is 0 Å². The van der Waals surface area contributed by atoms with Crippen LogP contribution >= 0.6 is 11.8 Å². The maximum absolute atomic E-state index is 11.4. The van der Waals surface area contributed by atoms with E-state index in [4.69, 9.17) is 9.84 Å². The van der Waals surface area contributed by atoms with Gasteiger partial charge in [-0.1, -0.05) is 34.9 Å². The Bertz CT molecular complexity index is 548. The summed E-state index contributed by atoms with van der Waals surface area (Å²) in [6, 6.07) is -0.891. The molecule has 0 heterocycles. The van der Waals surface area contributed by atoms with Crippen LogP contribution in [0.5, 0.6) is 0 Å². The Morgan fingerprint density at radius 2 is 1.63 bits per heavy atom. The third kappa shape index (κ3) is 15.2. The number of aliphatic carboxylic acids is 1. The van der Waals surface area contributed by atoms with E-state index in [1.54, 1.807) is 0 Å². The molecule has 5 nitrogen and oxygen atoms in total. The summed E-state index contributed by atoms with van der Waals surface area (Å²) < 4.78 is 4.70. The largest absolute Gasteiger partial charge is 0.480 e. The molecule has 0 radical (unpaired) electrons. The van der Waals surface area contributed by atoms with Gasteiger partial charge in [0, 0.05) is 18.6 Å². The summed E-state index contributed by atoms with van der Waals surface area (Å²) in [5.41, 5.74) is 4.08. The summed E-state index contributed by atoms with van der Waals surface area (Å²) in [4.78, 5) is 22.6. The van der Waals surface area contributed by atoms with Gasteiger partial charge in [-0.05, 0) is 53.4 Å². The summed E-state index contributed by atoms with van der Waals surface area (Å²) in [6.45, 7) is 8.39. The van der Waals surface area contributed by atoms with Gasteiger partial charge in [-0.2, -0.15) is 11.8 Å². The van der Waals surface area contributed by atoms with Crippen molar-refractivity contribution in [1.29, 1.82) is 0 Å². The van der Waals surface area contributed by atoms with Crippen molar-refractivity contribution in [3.05, 3.63) is 34.9 Å². The van der Waals surface area contributed by atoms with Crippen molar-refractivity contribution in [3.63, 3.8) is 0 Å². The molecule has 154 valence electrons. The van der Waals surface area contributed by atoms with E-state index in [0.717, 1.165) is 31.4 Å². The Morgan fingerprint density at radius 1 is 1.04 bits per heavy atom. The van der Waals surface area contributed by atoms with Crippen LogP contribution < -0.4 is 5.32 Å². The SMILES string of the molecule is COCC(=O)N[C@@H](CSC/C=C(\C)CC/C=C(\C)CCC=C(C)C)C(=O)O. The molecule has 0 aliphatic carbocycles. The molecule has 0 bridgehead atoms. The second-order valence-corrected chi connectivity index (χ2v) is 7.96. The number of carbonyl (C=O) groups is 2. The Hall–Kier alpha value is -1.53. The molecular weight excluding hydrogens is 362 g/mol. The zero-order valence-electron chi connectivity index (χ0n) is 17.3. The molecule has 0 saturated heterocycles. The third-order valence-electron chi connectivity index (χ3n) is 3.87. The number of carboxylic acid groups (broad SMARTS) is 1. The van der Waals surface area contributed by atoms with E-state index in [9.17, 15) is 9.59 Å². The topological polar surface area (TPSA) is 75.6 Å². The fourth-order valence-electron chi connectivity index (χ4n) is 2.27. The molecule has 0 aromatic carbocycles. The summed E-state index contributed by atoms with van der Waals surface area (Å²) in [7, 11) is 1.40. The first-order valence-corrected chi connectivity index (χ1v) is 10.4. The summed E-state index contributed by atoms with van der Waals surface area (Å²) >= 11 is 1.50. The molecule has 0 aromatic rings. The van der Waals surface area contributed by atoms with Gasteiger partial charge in [0.05, 0.1) is 0 Å². The molecule has 0 saturated carbocycles. The second kappa shape index (κ2) is 15.5. The lowest BCUT2D eigenvalue weighted by molar-refractivity contribution is -0.141. The van der Waals surface area contributed by atoms with Gasteiger partial charge in [0.1, 0.15) is 12.6 Å². The van der Waals surface area contributed by atoms with Crippen LogP contribution in [-0.4, -0.2) is 48.2 Å². The standard InChI is InChI=1S/C21H35NO4S/c1-16(2)8-6-9-17(3)10-7-11-18(4)12-13-27-15-19(21(24)25)22-20(23)14-26-5/h8,10,12,19H,6-7,9,11,13-15H2,1-5H3,(H,22,23)(H,24,25)/b17-10+,18-12+/t19-/m0/s1. The van der Waals surface area contributed by atoms with Gasteiger partial charge < -0.3 is 15.2 Å². The van der Waals surface area contributed by atoms with Gasteiger partial charge in [0.15, 0.2) is 0 Å². The monoisotopic (exact) mass is 397 g/mol. The fraction of sp³-hybridized carbons (Fsp3) is 0.619. The van der Waals surface area contributed by atoms with Gasteiger partial charge in [0.25, 0.3) is 0 Å². The van der Waals surface area contributed by atoms with E-state index in [1.165, 1.54) is 35.6 Å². The molecule has 0 fully saturated rings. The zero-order valence-corrected chi connectivity index (χ0v) is 18.2. The molecule has 27 heavy (non-hydrogen) atoms. The van der Waals surface area contributed by atoms with Crippen LogP contribution in [0.3, 0.4) is 0 Å². The van der Waals surface area contributed by atoms with E-state index >= 15 is 0 Å². The van der Waals surface area contributed by atoms with Crippen LogP contribution in [0.2, 0.25) is 0 Å². The number of hydrogen-bond donors (Lipinski definition) is 2. The average Bonchev–Trinajstić information content (AvgIpc) is 2.57. The molecule has 2 N–H and O–H groups in total. The molecule has 0 aromatic heterocycles. The summed E-state index contributed by atoms with van der Waals surface area (Å²) in [5, 5.41) is 11.6. The number of ether oxygens (including phenoxy) is 1. The zero-order chi connectivity index (χ0) is 20.7. The van der Waals surface area contributed by atoms with Gasteiger partial charge >= 0.3 is 5.97 Å². The lowest BCUT2D eigenvalue weighted by Gasteiger charge is -2.13. The van der Waals surface area contributed by atoms with E-state index in [2.05, 4.69) is 51.2 Å². The van der Waals surface area contributed by atoms with Gasteiger partial charge in [-0.15, -0.1) is 0 Å². The van der Waals surface area contributed by atoms with Gasteiger partial charge in [-0.25, -0.2) is 4.79 Å². The Labute approximate surface area is 168 Å². The molecule has 1 amide bonds. The number of methoxy groups -OCH3 is 1. The minimum Gasteiger partial charge on any atom is -0.480 e. The maximum Gasteiger partial charge on any atom is 0.327 e. The number of carboxylic acids is 1.